The molecule has 0 saturated heterocycles. The number of halogens is 1. The van der Waals surface area contributed by atoms with Crippen molar-refractivity contribution >= 4 is 33.5 Å². The zero-order valence-electron chi connectivity index (χ0n) is 7.12. The molecule has 0 aromatic carbocycles. The Kier molecular flexibility index (Phi) is 4.29. The van der Waals surface area contributed by atoms with E-state index in [4.69, 9.17) is 10.7 Å². The van der Waals surface area contributed by atoms with Crippen molar-refractivity contribution in [1.82, 2.24) is 10.3 Å². The second kappa shape index (κ2) is 5.52. The molecular weight excluding hydrogens is 264 g/mol. The summed E-state index contributed by atoms with van der Waals surface area (Å²) in [6.07, 6.45) is 2.50. The van der Waals surface area contributed by atoms with Gasteiger partial charge in [0.25, 0.3) is 0 Å². The van der Waals surface area contributed by atoms with E-state index in [2.05, 4.69) is 26.2 Å². The van der Waals surface area contributed by atoms with E-state index in [1.807, 2.05) is 6.07 Å². The Morgan fingerprint density at radius 3 is 3.14 bits per heavy atom. The molecule has 72 valence electrons. The maximum absolute atomic E-state index is 8.51. The summed E-state index contributed by atoms with van der Waals surface area (Å²) in [5.74, 6) is 0. The van der Waals surface area contributed by atoms with E-state index < -0.39 is 0 Å². The van der Waals surface area contributed by atoms with Crippen LogP contribution < -0.4 is 5.32 Å². The molecule has 2 N–H and O–H groups in total. The lowest BCUT2D eigenvalue weighted by Gasteiger charge is -1.97. The van der Waals surface area contributed by atoms with Crippen LogP contribution in [0.2, 0.25) is 0 Å². The number of thiazole rings is 1. The van der Waals surface area contributed by atoms with Gasteiger partial charge in [-0.15, -0.1) is 11.3 Å². The van der Waals surface area contributed by atoms with Gasteiger partial charge in [-0.05, 0) is 15.9 Å². The highest BCUT2D eigenvalue weighted by atomic mass is 79.9. The number of nitrogens with one attached hydrogen (secondary N) is 2. The van der Waals surface area contributed by atoms with Crippen LogP contribution in [0.3, 0.4) is 0 Å². The fourth-order valence-corrected chi connectivity index (χ4v) is 1.76. The van der Waals surface area contributed by atoms with Crippen molar-refractivity contribution in [3.63, 3.8) is 0 Å². The molecule has 0 amide bonds. The van der Waals surface area contributed by atoms with E-state index in [9.17, 15) is 0 Å². The van der Waals surface area contributed by atoms with Gasteiger partial charge in [0, 0.05) is 12.4 Å². The Morgan fingerprint density at radius 1 is 1.86 bits per heavy atom. The Labute approximate surface area is 93.9 Å². The molecule has 0 bridgehead atoms. The van der Waals surface area contributed by atoms with Gasteiger partial charge < -0.3 is 10.7 Å². The first kappa shape index (κ1) is 10.9. The van der Waals surface area contributed by atoms with Crippen LogP contribution in [0.25, 0.3) is 0 Å². The van der Waals surface area contributed by atoms with Gasteiger partial charge in [0.15, 0.2) is 0 Å². The summed E-state index contributed by atoms with van der Waals surface area (Å²) < 4.78 is 0.978. The summed E-state index contributed by atoms with van der Waals surface area (Å²) in [6.45, 7) is 0.545. The summed E-state index contributed by atoms with van der Waals surface area (Å²) in [6, 6.07) is 1.87. The van der Waals surface area contributed by atoms with Gasteiger partial charge >= 0.3 is 0 Å². The average Bonchev–Trinajstić information content (AvgIpc) is 2.59. The Hall–Kier alpha value is -1.19. The van der Waals surface area contributed by atoms with E-state index >= 15 is 0 Å². The Balaban J connectivity index is 2.51. The minimum Gasteiger partial charge on any atom is -0.384 e. The summed E-state index contributed by atoms with van der Waals surface area (Å²) >= 11 is 4.86. The van der Waals surface area contributed by atoms with Crippen LogP contribution in [0.4, 0.5) is 0 Å². The first-order valence-corrected chi connectivity index (χ1v) is 5.37. The van der Waals surface area contributed by atoms with Crippen LogP contribution in [0, 0.1) is 16.7 Å². The van der Waals surface area contributed by atoms with Crippen LogP contribution in [-0.2, 0) is 6.54 Å². The maximum Gasteiger partial charge on any atom is 0.102 e. The molecule has 1 heterocycles. The van der Waals surface area contributed by atoms with E-state index in [1.165, 1.54) is 17.5 Å². The van der Waals surface area contributed by atoms with Crippen LogP contribution in [0.5, 0.6) is 0 Å². The molecule has 0 saturated carbocycles. The molecule has 1 aromatic heterocycles. The van der Waals surface area contributed by atoms with Gasteiger partial charge in [0.05, 0.1) is 27.1 Å². The zero-order chi connectivity index (χ0) is 10.4. The predicted molar refractivity (Wildman–Crippen MR) is 59.1 cm³/mol. The van der Waals surface area contributed by atoms with Crippen molar-refractivity contribution in [2.45, 2.75) is 6.54 Å². The maximum atomic E-state index is 8.51. The molecular formula is C8H7BrN4S. The lowest BCUT2D eigenvalue weighted by atomic mass is 10.3. The van der Waals surface area contributed by atoms with Crippen LogP contribution >= 0.6 is 27.3 Å². The normalized spacial score (nSPS) is 10.7. The fourth-order valence-electron chi connectivity index (χ4n) is 0.734. The molecule has 1 rings (SSSR count). The lowest BCUT2D eigenvalue weighted by Crippen LogP contribution is -2.06. The molecule has 0 aliphatic rings. The van der Waals surface area contributed by atoms with Gasteiger partial charge in [-0.2, -0.15) is 5.26 Å². The van der Waals surface area contributed by atoms with Gasteiger partial charge in [0.2, 0.25) is 0 Å². The third kappa shape index (κ3) is 2.94. The van der Waals surface area contributed by atoms with Crippen molar-refractivity contribution in [3.05, 3.63) is 26.8 Å². The van der Waals surface area contributed by atoms with Gasteiger partial charge in [-0.25, -0.2) is 4.98 Å². The smallest absolute Gasteiger partial charge is 0.102 e. The van der Waals surface area contributed by atoms with Gasteiger partial charge in [-0.3, -0.25) is 0 Å². The topological polar surface area (TPSA) is 72.6 Å². The standard InChI is InChI=1S/C8H7BrN4S/c9-8-7(13-5-14-8)4-12-3-6(1-10)2-11/h1,3,5,10,12H,4H2/b6-3+,10-1?. The highest BCUT2D eigenvalue weighted by molar-refractivity contribution is 9.11. The molecule has 0 spiro atoms. The minimum atomic E-state index is 0.288. The molecule has 0 fully saturated rings. The van der Waals surface area contributed by atoms with Crippen molar-refractivity contribution in [2.75, 3.05) is 0 Å². The number of aromatic nitrogens is 1. The van der Waals surface area contributed by atoms with Gasteiger partial charge in [0.1, 0.15) is 6.07 Å². The molecule has 4 nitrogen and oxygen atoms in total. The lowest BCUT2D eigenvalue weighted by molar-refractivity contribution is 0.838. The number of allylic oxidation sites excluding steroid dienone is 1. The summed E-state index contributed by atoms with van der Waals surface area (Å²) in [4.78, 5) is 4.10. The summed E-state index contributed by atoms with van der Waals surface area (Å²) in [5.41, 5.74) is 2.93. The Morgan fingerprint density at radius 2 is 2.64 bits per heavy atom. The number of rotatable bonds is 4. The first-order valence-electron chi connectivity index (χ1n) is 3.70. The molecule has 0 aliphatic carbocycles. The summed E-state index contributed by atoms with van der Waals surface area (Å²) in [5, 5.41) is 18.3. The first-order chi connectivity index (χ1) is 6.77. The molecule has 0 atom stereocenters. The number of hydrogen-bond acceptors (Lipinski definition) is 5. The van der Waals surface area contributed by atoms with E-state index in [-0.39, 0.29) is 5.57 Å². The molecule has 6 heteroatoms. The molecule has 0 unspecified atom stereocenters. The van der Waals surface area contributed by atoms with Crippen molar-refractivity contribution in [3.8, 4) is 6.07 Å². The number of nitriles is 1. The number of hydrogen-bond donors (Lipinski definition) is 2. The SMILES string of the molecule is N#C/C(C=N)=C/NCc1ncsc1Br. The zero-order valence-corrected chi connectivity index (χ0v) is 9.52. The van der Waals surface area contributed by atoms with Crippen LogP contribution in [0.15, 0.2) is 21.1 Å². The highest BCUT2D eigenvalue weighted by Gasteiger charge is 2.00. The predicted octanol–water partition coefficient (Wildman–Crippen LogP) is 2.05. The third-order valence-electron chi connectivity index (χ3n) is 1.40. The molecule has 1 aromatic rings. The minimum absolute atomic E-state index is 0.288. The quantitative estimate of drug-likeness (QED) is 0.650. The summed E-state index contributed by atoms with van der Waals surface area (Å²) in [7, 11) is 0. The number of nitrogens with zero attached hydrogens (tertiary/aromatic N) is 2. The van der Waals surface area contributed by atoms with Crippen LogP contribution in [-0.4, -0.2) is 11.2 Å². The highest BCUT2D eigenvalue weighted by Crippen LogP contribution is 2.19. The molecule has 14 heavy (non-hydrogen) atoms. The van der Waals surface area contributed by atoms with E-state index in [1.54, 1.807) is 5.51 Å². The Bertz CT molecular complexity index is 390. The van der Waals surface area contributed by atoms with Crippen molar-refractivity contribution in [2.24, 2.45) is 0 Å². The second-order valence-corrected chi connectivity index (χ2v) is 4.48. The largest absolute Gasteiger partial charge is 0.384 e. The van der Waals surface area contributed by atoms with Crippen molar-refractivity contribution < 1.29 is 0 Å². The average molecular weight is 271 g/mol. The van der Waals surface area contributed by atoms with Gasteiger partial charge in [-0.1, -0.05) is 0 Å². The third-order valence-corrected chi connectivity index (χ3v) is 3.08. The van der Waals surface area contributed by atoms with Crippen molar-refractivity contribution in [1.29, 1.82) is 10.7 Å². The molecule has 0 aliphatic heterocycles. The monoisotopic (exact) mass is 270 g/mol. The fraction of sp³-hybridized carbons (Fsp3) is 0.125. The van der Waals surface area contributed by atoms with Crippen LogP contribution in [0.1, 0.15) is 5.69 Å². The second-order valence-electron chi connectivity index (χ2n) is 2.31. The molecule has 0 radical (unpaired) electrons. The van der Waals surface area contributed by atoms with E-state index in [0.29, 0.717) is 6.54 Å². The van der Waals surface area contributed by atoms with E-state index in [0.717, 1.165) is 15.7 Å².